The fraction of sp³-hybridized carbons (Fsp3) is 0.727. The van der Waals surface area contributed by atoms with Crippen LogP contribution < -0.4 is 15.5 Å². The predicted octanol–water partition coefficient (Wildman–Crippen LogP) is 0.852. The van der Waals surface area contributed by atoms with Gasteiger partial charge >= 0.3 is 0 Å². The molecule has 0 aromatic carbocycles. The molecule has 2 rings (SSSR count). The van der Waals surface area contributed by atoms with Gasteiger partial charge in [-0.1, -0.05) is 6.92 Å². The van der Waals surface area contributed by atoms with Gasteiger partial charge in [0.15, 0.2) is 0 Å². The van der Waals surface area contributed by atoms with E-state index in [1.807, 2.05) is 30.8 Å². The number of aromatic nitrogens is 3. The molecule has 2 heterocycles. The van der Waals surface area contributed by atoms with E-state index >= 15 is 0 Å². The van der Waals surface area contributed by atoms with E-state index in [2.05, 4.69) is 26.8 Å². The molecule has 2 N–H and O–H groups in total. The lowest BCUT2D eigenvalue weighted by Gasteiger charge is -2.32. The van der Waals surface area contributed by atoms with Crippen molar-refractivity contribution >= 4 is 29.6 Å². The standard InChI is InChI=1S/C11H20N6S/c1-4-8-7-17(5-6-18-8)11-14-9(12)13-10(15-11)16(2)3/h8H,4-7H2,1-3H3,(H2,12,13,14,15). The predicted molar refractivity (Wildman–Crippen MR) is 77.3 cm³/mol. The number of nitrogen functional groups attached to an aromatic ring is 1. The Hall–Kier alpha value is -1.24. The Balaban J connectivity index is 2.21. The van der Waals surface area contributed by atoms with Crippen LogP contribution in [0.4, 0.5) is 17.8 Å². The van der Waals surface area contributed by atoms with Gasteiger partial charge in [0.05, 0.1) is 0 Å². The van der Waals surface area contributed by atoms with Crippen LogP contribution in [0.3, 0.4) is 0 Å². The van der Waals surface area contributed by atoms with E-state index in [0.29, 0.717) is 17.1 Å². The van der Waals surface area contributed by atoms with Crippen LogP contribution in [0.5, 0.6) is 0 Å². The van der Waals surface area contributed by atoms with Crippen LogP contribution in [0.1, 0.15) is 13.3 Å². The lowest BCUT2D eigenvalue weighted by atomic mass is 10.3. The molecule has 0 radical (unpaired) electrons. The SMILES string of the molecule is CCC1CN(c2nc(N)nc(N(C)C)n2)CCS1. The minimum absolute atomic E-state index is 0.287. The molecule has 0 bridgehead atoms. The van der Waals surface area contributed by atoms with Gasteiger partial charge in [0.2, 0.25) is 17.8 Å². The van der Waals surface area contributed by atoms with E-state index in [4.69, 9.17) is 5.73 Å². The molecular formula is C11H20N6S. The highest BCUT2D eigenvalue weighted by molar-refractivity contribution is 8.00. The lowest BCUT2D eigenvalue weighted by molar-refractivity contribution is 0.707. The number of hydrogen-bond donors (Lipinski definition) is 1. The normalized spacial score (nSPS) is 19.9. The van der Waals surface area contributed by atoms with Gasteiger partial charge in [-0.25, -0.2) is 0 Å². The first-order valence-corrected chi connectivity index (χ1v) is 7.20. The Kier molecular flexibility index (Phi) is 4.11. The zero-order valence-electron chi connectivity index (χ0n) is 11.1. The Bertz CT molecular complexity index is 411. The first-order chi connectivity index (χ1) is 8.60. The summed E-state index contributed by atoms with van der Waals surface area (Å²) in [6, 6.07) is 0. The number of nitrogens with two attached hydrogens (primary N) is 1. The highest BCUT2D eigenvalue weighted by Gasteiger charge is 2.22. The highest BCUT2D eigenvalue weighted by Crippen LogP contribution is 2.24. The molecule has 1 fully saturated rings. The number of hydrogen-bond acceptors (Lipinski definition) is 7. The molecule has 1 saturated heterocycles. The quantitative estimate of drug-likeness (QED) is 0.871. The van der Waals surface area contributed by atoms with Crippen molar-refractivity contribution in [2.75, 3.05) is 48.5 Å². The maximum atomic E-state index is 5.75. The van der Waals surface area contributed by atoms with Crippen LogP contribution in [0.15, 0.2) is 0 Å². The van der Waals surface area contributed by atoms with E-state index < -0.39 is 0 Å². The van der Waals surface area contributed by atoms with Crippen LogP contribution in [-0.2, 0) is 0 Å². The number of thioether (sulfide) groups is 1. The fourth-order valence-electron chi connectivity index (χ4n) is 1.86. The van der Waals surface area contributed by atoms with Gasteiger partial charge in [0.1, 0.15) is 0 Å². The summed E-state index contributed by atoms with van der Waals surface area (Å²) < 4.78 is 0. The van der Waals surface area contributed by atoms with Crippen molar-refractivity contribution in [3.63, 3.8) is 0 Å². The van der Waals surface area contributed by atoms with Gasteiger partial charge < -0.3 is 15.5 Å². The second-order valence-corrected chi connectivity index (χ2v) is 5.94. The molecule has 1 aromatic heterocycles. The summed E-state index contributed by atoms with van der Waals surface area (Å²) in [5.74, 6) is 2.71. The molecule has 18 heavy (non-hydrogen) atoms. The summed E-state index contributed by atoms with van der Waals surface area (Å²) in [7, 11) is 3.80. The lowest BCUT2D eigenvalue weighted by Crippen LogP contribution is -2.39. The number of nitrogens with zero attached hydrogens (tertiary/aromatic N) is 5. The average molecular weight is 268 g/mol. The number of rotatable bonds is 3. The highest BCUT2D eigenvalue weighted by atomic mass is 32.2. The molecule has 0 amide bonds. The van der Waals surface area contributed by atoms with Crippen molar-refractivity contribution in [3.8, 4) is 0 Å². The zero-order valence-corrected chi connectivity index (χ0v) is 11.9. The zero-order chi connectivity index (χ0) is 13.1. The smallest absolute Gasteiger partial charge is 0.232 e. The molecule has 100 valence electrons. The summed E-state index contributed by atoms with van der Waals surface area (Å²) in [6.45, 7) is 4.17. The molecule has 0 spiro atoms. The second kappa shape index (κ2) is 5.60. The van der Waals surface area contributed by atoms with Gasteiger partial charge in [-0.05, 0) is 6.42 Å². The third-order valence-corrected chi connectivity index (χ3v) is 4.28. The second-order valence-electron chi connectivity index (χ2n) is 4.54. The van der Waals surface area contributed by atoms with Crippen LogP contribution >= 0.6 is 11.8 Å². The first-order valence-electron chi connectivity index (χ1n) is 6.15. The van der Waals surface area contributed by atoms with E-state index in [1.165, 1.54) is 6.42 Å². The van der Waals surface area contributed by atoms with Crippen molar-refractivity contribution in [1.29, 1.82) is 0 Å². The maximum Gasteiger partial charge on any atom is 0.232 e. The minimum atomic E-state index is 0.287. The molecule has 6 nitrogen and oxygen atoms in total. The summed E-state index contributed by atoms with van der Waals surface area (Å²) in [6.07, 6.45) is 1.17. The van der Waals surface area contributed by atoms with E-state index in [1.54, 1.807) is 0 Å². The monoisotopic (exact) mass is 268 g/mol. The Morgan fingerprint density at radius 3 is 2.83 bits per heavy atom. The largest absolute Gasteiger partial charge is 0.368 e. The Morgan fingerprint density at radius 2 is 2.17 bits per heavy atom. The third-order valence-electron chi connectivity index (χ3n) is 2.91. The van der Waals surface area contributed by atoms with Crippen LogP contribution in [-0.4, -0.2) is 53.1 Å². The number of anilines is 3. The molecule has 0 aliphatic carbocycles. The molecule has 0 saturated carbocycles. The van der Waals surface area contributed by atoms with Gasteiger partial charge in [-0.15, -0.1) is 0 Å². The molecule has 1 unspecified atom stereocenters. The van der Waals surface area contributed by atoms with Crippen molar-refractivity contribution < 1.29 is 0 Å². The van der Waals surface area contributed by atoms with Gasteiger partial charge in [0.25, 0.3) is 0 Å². The summed E-state index contributed by atoms with van der Waals surface area (Å²) in [5.41, 5.74) is 5.75. The molecule has 1 aliphatic rings. The summed E-state index contributed by atoms with van der Waals surface area (Å²) in [4.78, 5) is 16.9. The van der Waals surface area contributed by atoms with E-state index in [-0.39, 0.29) is 5.95 Å². The summed E-state index contributed by atoms with van der Waals surface area (Å²) in [5, 5.41) is 0.652. The van der Waals surface area contributed by atoms with Crippen LogP contribution in [0, 0.1) is 0 Å². The maximum absolute atomic E-state index is 5.75. The van der Waals surface area contributed by atoms with Crippen molar-refractivity contribution in [1.82, 2.24) is 15.0 Å². The van der Waals surface area contributed by atoms with E-state index in [9.17, 15) is 0 Å². The Morgan fingerprint density at radius 1 is 1.39 bits per heavy atom. The molecule has 1 aliphatic heterocycles. The first kappa shape index (κ1) is 13.2. The Labute approximate surface area is 112 Å². The average Bonchev–Trinajstić information content (AvgIpc) is 2.38. The van der Waals surface area contributed by atoms with Crippen LogP contribution in [0.2, 0.25) is 0 Å². The van der Waals surface area contributed by atoms with Crippen molar-refractivity contribution in [2.45, 2.75) is 18.6 Å². The van der Waals surface area contributed by atoms with Gasteiger partial charge in [-0.2, -0.15) is 26.7 Å². The molecular weight excluding hydrogens is 248 g/mol. The third kappa shape index (κ3) is 2.95. The van der Waals surface area contributed by atoms with Gasteiger partial charge in [-0.3, -0.25) is 0 Å². The topological polar surface area (TPSA) is 71.2 Å². The van der Waals surface area contributed by atoms with Crippen LogP contribution in [0.25, 0.3) is 0 Å². The van der Waals surface area contributed by atoms with Gasteiger partial charge in [0, 0.05) is 38.2 Å². The van der Waals surface area contributed by atoms with E-state index in [0.717, 1.165) is 18.8 Å². The van der Waals surface area contributed by atoms with Crippen molar-refractivity contribution in [2.24, 2.45) is 0 Å². The van der Waals surface area contributed by atoms with Crippen molar-refractivity contribution in [3.05, 3.63) is 0 Å². The minimum Gasteiger partial charge on any atom is -0.368 e. The fourth-order valence-corrected chi connectivity index (χ4v) is 3.04. The molecule has 1 aromatic rings. The molecule has 7 heteroatoms. The summed E-state index contributed by atoms with van der Waals surface area (Å²) >= 11 is 2.02. The molecule has 1 atom stereocenters.